The second-order valence-electron chi connectivity index (χ2n) is 11.0. The molecule has 0 aliphatic carbocycles. The van der Waals surface area contributed by atoms with Crippen LogP contribution in [0.4, 0.5) is 11.5 Å². The van der Waals surface area contributed by atoms with Gasteiger partial charge in [0.05, 0.1) is 27.3 Å². The molecule has 3 aromatic heterocycles. The first-order chi connectivity index (χ1) is 19.6. The number of carbonyl (C=O) groups is 1. The molecule has 0 unspecified atom stereocenters. The molecular formula is C29H31Cl2N7O3. The zero-order valence-corrected chi connectivity index (χ0v) is 24.6. The molecule has 0 spiro atoms. The quantitative estimate of drug-likeness (QED) is 0.354. The van der Waals surface area contributed by atoms with Crippen molar-refractivity contribution >= 4 is 51.6 Å². The number of likely N-dealkylation sites (N-methyl/N-ethyl adjacent to an activating group) is 1. The number of nitrogens with zero attached hydrogens (tertiary/aromatic N) is 6. The summed E-state index contributed by atoms with van der Waals surface area (Å²) in [5.41, 5.74) is 2.60. The number of phenols is 1. The molecule has 0 bridgehead atoms. The lowest BCUT2D eigenvalue weighted by Crippen LogP contribution is -2.50. The first kappa shape index (κ1) is 27.6. The van der Waals surface area contributed by atoms with Gasteiger partial charge in [-0.25, -0.2) is 9.97 Å². The van der Waals surface area contributed by atoms with Crippen LogP contribution in [0.15, 0.2) is 35.4 Å². The number of rotatable bonds is 5. The SMILES string of the molecule is Cc1cc(-c2cn(CC(=O)Nc3cc(N4CCN(C)C[C@@H]4C)ncc3Cl)c3nc4n(c(=O)c23)CCC4)cc(Cl)c1O. The third kappa shape index (κ3) is 5.05. The molecular weight excluding hydrogens is 565 g/mol. The molecule has 214 valence electrons. The van der Waals surface area contributed by atoms with E-state index in [1.165, 1.54) is 0 Å². The highest BCUT2D eigenvalue weighted by Gasteiger charge is 2.25. The Kier molecular flexibility index (Phi) is 7.17. The van der Waals surface area contributed by atoms with Gasteiger partial charge in [-0.3, -0.25) is 14.2 Å². The van der Waals surface area contributed by atoms with E-state index in [9.17, 15) is 14.7 Å². The topological polar surface area (TPSA) is 109 Å². The van der Waals surface area contributed by atoms with Crippen molar-refractivity contribution in [3.8, 4) is 16.9 Å². The number of aryl methyl sites for hydroxylation is 2. The Morgan fingerprint density at radius 1 is 1.17 bits per heavy atom. The minimum absolute atomic E-state index is 0.00571. The van der Waals surface area contributed by atoms with Crippen LogP contribution >= 0.6 is 23.2 Å². The van der Waals surface area contributed by atoms with E-state index in [0.717, 1.165) is 31.9 Å². The average molecular weight is 597 g/mol. The zero-order chi connectivity index (χ0) is 29.0. The van der Waals surface area contributed by atoms with Gasteiger partial charge >= 0.3 is 0 Å². The maximum Gasteiger partial charge on any atom is 0.263 e. The molecule has 2 aliphatic rings. The molecule has 41 heavy (non-hydrogen) atoms. The first-order valence-corrected chi connectivity index (χ1v) is 14.4. The van der Waals surface area contributed by atoms with Crippen molar-refractivity contribution in [3.63, 3.8) is 0 Å². The number of amides is 1. The number of benzene rings is 1. The molecule has 0 saturated carbocycles. The summed E-state index contributed by atoms with van der Waals surface area (Å²) in [5, 5.41) is 14.1. The van der Waals surface area contributed by atoms with Gasteiger partial charge in [-0.2, -0.15) is 0 Å². The maximum atomic E-state index is 13.6. The highest BCUT2D eigenvalue weighted by Crippen LogP contribution is 2.36. The number of halogens is 2. The summed E-state index contributed by atoms with van der Waals surface area (Å²) in [6, 6.07) is 5.47. The molecule has 1 atom stereocenters. The number of fused-ring (bicyclic) bond motifs is 2. The second-order valence-corrected chi connectivity index (χ2v) is 11.8. The van der Waals surface area contributed by atoms with E-state index in [1.54, 1.807) is 46.7 Å². The Balaban J connectivity index is 1.35. The number of anilines is 2. The van der Waals surface area contributed by atoms with Crippen molar-refractivity contribution < 1.29 is 9.90 Å². The van der Waals surface area contributed by atoms with Crippen molar-refractivity contribution in [2.45, 2.75) is 45.8 Å². The summed E-state index contributed by atoms with van der Waals surface area (Å²) in [6.45, 7) is 7.07. The van der Waals surface area contributed by atoms with Crippen molar-refractivity contribution in [3.05, 3.63) is 62.4 Å². The fourth-order valence-corrected chi connectivity index (χ4v) is 6.28. The largest absolute Gasteiger partial charge is 0.506 e. The minimum atomic E-state index is -0.318. The highest BCUT2D eigenvalue weighted by atomic mass is 35.5. The minimum Gasteiger partial charge on any atom is -0.506 e. The molecule has 1 amide bonds. The summed E-state index contributed by atoms with van der Waals surface area (Å²) in [7, 11) is 2.10. The molecule has 1 fully saturated rings. The van der Waals surface area contributed by atoms with Crippen LogP contribution in [-0.4, -0.2) is 67.7 Å². The number of hydrogen-bond donors (Lipinski definition) is 2. The van der Waals surface area contributed by atoms with E-state index in [0.29, 0.717) is 57.2 Å². The monoisotopic (exact) mass is 595 g/mol. The van der Waals surface area contributed by atoms with Crippen LogP contribution in [0.5, 0.6) is 5.75 Å². The molecule has 5 heterocycles. The Morgan fingerprint density at radius 2 is 1.98 bits per heavy atom. The number of nitrogens with one attached hydrogen (secondary N) is 1. The molecule has 2 aliphatic heterocycles. The van der Waals surface area contributed by atoms with Crippen LogP contribution in [0.1, 0.15) is 24.7 Å². The normalized spacial score (nSPS) is 17.3. The molecule has 2 N–H and O–H groups in total. The lowest BCUT2D eigenvalue weighted by molar-refractivity contribution is -0.116. The zero-order valence-electron chi connectivity index (χ0n) is 23.1. The van der Waals surface area contributed by atoms with Gasteiger partial charge < -0.3 is 24.8 Å². The summed E-state index contributed by atoms with van der Waals surface area (Å²) in [5.74, 6) is 1.13. The van der Waals surface area contributed by atoms with Crippen LogP contribution in [0.25, 0.3) is 22.2 Å². The van der Waals surface area contributed by atoms with Gasteiger partial charge in [-0.15, -0.1) is 0 Å². The maximum absolute atomic E-state index is 13.6. The third-order valence-electron chi connectivity index (χ3n) is 7.96. The summed E-state index contributed by atoms with van der Waals surface area (Å²) in [4.78, 5) is 40.8. The van der Waals surface area contributed by atoms with Crippen molar-refractivity contribution in [1.82, 2.24) is 24.0 Å². The summed E-state index contributed by atoms with van der Waals surface area (Å²) >= 11 is 12.7. The number of phenolic OH excluding ortho intramolecular Hbond substituents is 1. The van der Waals surface area contributed by atoms with Crippen LogP contribution < -0.4 is 15.8 Å². The van der Waals surface area contributed by atoms with E-state index >= 15 is 0 Å². The van der Waals surface area contributed by atoms with E-state index in [-0.39, 0.29) is 34.8 Å². The second kappa shape index (κ2) is 10.7. The molecule has 6 rings (SSSR count). The molecule has 10 nitrogen and oxygen atoms in total. The van der Waals surface area contributed by atoms with Gasteiger partial charge in [0.2, 0.25) is 5.91 Å². The Hall–Kier alpha value is -3.60. The van der Waals surface area contributed by atoms with Gasteiger partial charge in [-0.05, 0) is 50.6 Å². The van der Waals surface area contributed by atoms with E-state index in [1.807, 2.05) is 0 Å². The lowest BCUT2D eigenvalue weighted by atomic mass is 10.0. The van der Waals surface area contributed by atoms with Crippen LogP contribution in [0.2, 0.25) is 10.0 Å². The number of carbonyl (C=O) groups excluding carboxylic acids is 1. The standard InChI is InChI=1S/C29H31Cl2N7O3/c1-16-9-18(10-20(30)27(16)40)19-14-36(28-26(19)29(41)38-6-4-5-23(38)34-28)15-25(39)33-22-11-24(32-12-21(22)31)37-8-7-35(3)13-17(37)2/h9-12,14,17,40H,4-8,13,15H2,1-3H3,(H,32,33,39)/t17-/m0/s1. The molecule has 4 aromatic rings. The molecule has 1 saturated heterocycles. The van der Waals surface area contributed by atoms with Gasteiger partial charge in [0.25, 0.3) is 5.56 Å². The number of hydrogen-bond acceptors (Lipinski definition) is 7. The summed E-state index contributed by atoms with van der Waals surface area (Å²) in [6.07, 6.45) is 4.84. The van der Waals surface area contributed by atoms with Gasteiger partial charge in [-0.1, -0.05) is 23.2 Å². The first-order valence-electron chi connectivity index (χ1n) is 13.6. The molecule has 0 radical (unpaired) electrons. The fraction of sp³-hybridized carbons (Fsp3) is 0.379. The molecule has 1 aromatic carbocycles. The van der Waals surface area contributed by atoms with E-state index in [2.05, 4.69) is 34.1 Å². The van der Waals surface area contributed by atoms with Gasteiger partial charge in [0, 0.05) is 56.5 Å². The Bertz CT molecular complexity index is 1730. The number of piperazine rings is 1. The lowest BCUT2D eigenvalue weighted by Gasteiger charge is -2.39. The van der Waals surface area contributed by atoms with Crippen LogP contribution in [0.3, 0.4) is 0 Å². The Labute approximate surface area is 247 Å². The van der Waals surface area contributed by atoms with Crippen molar-refractivity contribution in [2.24, 2.45) is 0 Å². The van der Waals surface area contributed by atoms with Gasteiger partial charge in [0.15, 0.2) is 0 Å². The molecule has 12 heteroatoms. The Morgan fingerprint density at radius 3 is 2.73 bits per heavy atom. The predicted octanol–water partition coefficient (Wildman–Crippen LogP) is 4.31. The van der Waals surface area contributed by atoms with Crippen molar-refractivity contribution in [1.29, 1.82) is 0 Å². The van der Waals surface area contributed by atoms with E-state index < -0.39 is 0 Å². The van der Waals surface area contributed by atoms with Crippen molar-refractivity contribution in [2.75, 3.05) is 36.9 Å². The highest BCUT2D eigenvalue weighted by molar-refractivity contribution is 6.33. The van der Waals surface area contributed by atoms with Gasteiger partial charge in [0.1, 0.15) is 29.6 Å². The van der Waals surface area contributed by atoms with Crippen LogP contribution in [-0.2, 0) is 24.3 Å². The number of aromatic nitrogens is 4. The number of aromatic hydroxyl groups is 1. The average Bonchev–Trinajstić information content (AvgIpc) is 3.54. The smallest absolute Gasteiger partial charge is 0.263 e. The van der Waals surface area contributed by atoms with E-state index in [4.69, 9.17) is 28.2 Å². The van der Waals surface area contributed by atoms with Crippen LogP contribution in [0, 0.1) is 6.92 Å². The third-order valence-corrected chi connectivity index (χ3v) is 8.55. The fourth-order valence-electron chi connectivity index (χ4n) is 5.86. The predicted molar refractivity (Wildman–Crippen MR) is 161 cm³/mol. The summed E-state index contributed by atoms with van der Waals surface area (Å²) < 4.78 is 3.39. The number of pyridine rings is 1.